The number of nitrogens with two attached hydrogens (primary N) is 1. The fourth-order valence-corrected chi connectivity index (χ4v) is 2.70. The molecule has 0 aliphatic carbocycles. The summed E-state index contributed by atoms with van der Waals surface area (Å²) in [6.07, 6.45) is 1.74. The Kier molecular flexibility index (Phi) is 3.38. The summed E-state index contributed by atoms with van der Waals surface area (Å²) in [6, 6.07) is 13.4. The zero-order valence-corrected chi connectivity index (χ0v) is 13.1. The maximum Gasteiger partial charge on any atom is 0.196 e. The SMILES string of the molecule is C=C1N(C)C(N)=NC1(C)c1ccnc(-c2cccc(C#N)c2)c1. The highest BCUT2D eigenvalue weighted by Gasteiger charge is 2.38. The number of nitriles is 1. The van der Waals surface area contributed by atoms with E-state index in [-0.39, 0.29) is 0 Å². The second-order valence-corrected chi connectivity index (χ2v) is 5.67. The molecular formula is C18H17N5. The molecule has 1 atom stereocenters. The van der Waals surface area contributed by atoms with Gasteiger partial charge in [0.2, 0.25) is 0 Å². The Bertz CT molecular complexity index is 862. The molecule has 0 saturated carbocycles. The average Bonchev–Trinajstić information content (AvgIpc) is 2.79. The summed E-state index contributed by atoms with van der Waals surface area (Å²) in [5, 5.41) is 9.05. The molecule has 2 aromatic rings. The van der Waals surface area contributed by atoms with Crippen LogP contribution in [0.4, 0.5) is 0 Å². The van der Waals surface area contributed by atoms with Crippen LogP contribution in [0.3, 0.4) is 0 Å². The number of rotatable bonds is 2. The Hall–Kier alpha value is -3.13. The number of nitrogens with zero attached hydrogens (tertiary/aromatic N) is 4. The quantitative estimate of drug-likeness (QED) is 0.925. The summed E-state index contributed by atoms with van der Waals surface area (Å²) in [6.45, 7) is 6.10. The van der Waals surface area contributed by atoms with E-state index >= 15 is 0 Å². The third-order valence-corrected chi connectivity index (χ3v) is 4.26. The molecule has 0 fully saturated rings. The van der Waals surface area contributed by atoms with Gasteiger partial charge in [-0.15, -0.1) is 0 Å². The van der Waals surface area contributed by atoms with Gasteiger partial charge in [-0.1, -0.05) is 18.7 Å². The third-order valence-electron chi connectivity index (χ3n) is 4.26. The van der Waals surface area contributed by atoms with Crippen molar-refractivity contribution in [2.24, 2.45) is 10.7 Å². The highest BCUT2D eigenvalue weighted by atomic mass is 15.3. The maximum atomic E-state index is 9.05. The van der Waals surface area contributed by atoms with Gasteiger partial charge in [0.15, 0.2) is 5.96 Å². The molecule has 0 amide bonds. The fourth-order valence-electron chi connectivity index (χ4n) is 2.70. The average molecular weight is 303 g/mol. The molecule has 0 saturated heterocycles. The molecule has 1 aromatic heterocycles. The first-order chi connectivity index (χ1) is 11.0. The predicted octanol–water partition coefficient (Wildman–Crippen LogP) is 2.61. The van der Waals surface area contributed by atoms with E-state index in [0.29, 0.717) is 11.5 Å². The molecule has 2 N–H and O–H groups in total. The van der Waals surface area contributed by atoms with E-state index in [2.05, 4.69) is 22.6 Å². The lowest BCUT2D eigenvalue weighted by Crippen LogP contribution is -2.30. The number of guanidine groups is 1. The topological polar surface area (TPSA) is 78.3 Å². The minimum Gasteiger partial charge on any atom is -0.369 e. The van der Waals surface area contributed by atoms with E-state index in [1.54, 1.807) is 17.2 Å². The summed E-state index contributed by atoms with van der Waals surface area (Å²) in [7, 11) is 1.85. The summed E-state index contributed by atoms with van der Waals surface area (Å²) in [5.74, 6) is 0.447. The zero-order chi connectivity index (χ0) is 16.6. The van der Waals surface area contributed by atoms with Crippen LogP contribution in [-0.2, 0) is 5.54 Å². The lowest BCUT2D eigenvalue weighted by Gasteiger charge is -2.25. The Morgan fingerprint density at radius 2 is 2.09 bits per heavy atom. The highest BCUT2D eigenvalue weighted by molar-refractivity contribution is 5.84. The summed E-state index contributed by atoms with van der Waals surface area (Å²) in [5.41, 5.74) is 9.39. The molecule has 1 aliphatic rings. The lowest BCUT2D eigenvalue weighted by molar-refractivity contribution is 0.512. The van der Waals surface area contributed by atoms with Crippen LogP contribution >= 0.6 is 0 Å². The van der Waals surface area contributed by atoms with Crippen molar-refractivity contribution in [1.29, 1.82) is 5.26 Å². The standard InChI is InChI=1S/C18H17N5/c1-12-18(2,22-17(20)23(12)3)15-7-8-21-16(10-15)14-6-4-5-13(9-14)11-19/h4-10H,1H2,2-3H3,(H2,20,22). The van der Waals surface area contributed by atoms with Gasteiger partial charge in [-0.3, -0.25) is 4.98 Å². The van der Waals surface area contributed by atoms with Crippen molar-refractivity contribution < 1.29 is 0 Å². The van der Waals surface area contributed by atoms with Crippen LogP contribution in [0.5, 0.6) is 0 Å². The van der Waals surface area contributed by atoms with Crippen molar-refractivity contribution in [3.63, 3.8) is 0 Å². The summed E-state index contributed by atoms with van der Waals surface area (Å²) in [4.78, 5) is 10.8. The van der Waals surface area contributed by atoms with Gasteiger partial charge in [0.05, 0.1) is 17.3 Å². The number of hydrogen-bond acceptors (Lipinski definition) is 5. The minimum absolute atomic E-state index is 0.447. The van der Waals surface area contributed by atoms with Crippen LogP contribution < -0.4 is 5.73 Å². The largest absolute Gasteiger partial charge is 0.369 e. The number of pyridine rings is 1. The van der Waals surface area contributed by atoms with E-state index in [1.165, 1.54) is 0 Å². The molecule has 5 nitrogen and oxygen atoms in total. The number of likely N-dealkylation sites (N-methyl/N-ethyl adjacent to an activating group) is 1. The molecule has 1 unspecified atom stereocenters. The van der Waals surface area contributed by atoms with Crippen molar-refractivity contribution in [3.05, 3.63) is 66.0 Å². The van der Waals surface area contributed by atoms with Gasteiger partial charge >= 0.3 is 0 Å². The number of benzene rings is 1. The van der Waals surface area contributed by atoms with Crippen LogP contribution in [-0.4, -0.2) is 22.9 Å². The number of aromatic nitrogens is 1. The summed E-state index contributed by atoms with van der Waals surface area (Å²) < 4.78 is 0. The third kappa shape index (κ3) is 2.34. The molecule has 1 aromatic carbocycles. The molecular weight excluding hydrogens is 286 g/mol. The Balaban J connectivity index is 2.08. The second kappa shape index (κ2) is 5.25. The van der Waals surface area contributed by atoms with E-state index in [0.717, 1.165) is 22.5 Å². The lowest BCUT2D eigenvalue weighted by atomic mass is 9.90. The number of aliphatic imine (C=N–C) groups is 1. The van der Waals surface area contributed by atoms with Gasteiger partial charge in [-0.05, 0) is 36.8 Å². The summed E-state index contributed by atoms with van der Waals surface area (Å²) >= 11 is 0. The highest BCUT2D eigenvalue weighted by Crippen LogP contribution is 2.39. The smallest absolute Gasteiger partial charge is 0.196 e. The molecule has 0 spiro atoms. The first-order valence-electron chi connectivity index (χ1n) is 7.21. The van der Waals surface area contributed by atoms with E-state index in [1.807, 2.05) is 44.3 Å². The van der Waals surface area contributed by atoms with Crippen LogP contribution in [0.1, 0.15) is 18.1 Å². The first kappa shape index (κ1) is 14.8. The van der Waals surface area contributed by atoms with Crippen molar-refractivity contribution in [3.8, 4) is 17.3 Å². The molecule has 0 bridgehead atoms. The predicted molar refractivity (Wildman–Crippen MR) is 90.3 cm³/mol. The molecule has 3 rings (SSSR count). The molecule has 0 radical (unpaired) electrons. The monoisotopic (exact) mass is 303 g/mol. The zero-order valence-electron chi connectivity index (χ0n) is 13.1. The molecule has 114 valence electrons. The Labute approximate surface area is 135 Å². The van der Waals surface area contributed by atoms with Crippen molar-refractivity contribution >= 4 is 5.96 Å². The van der Waals surface area contributed by atoms with E-state index in [4.69, 9.17) is 11.0 Å². The van der Waals surface area contributed by atoms with Crippen LogP contribution in [0.2, 0.25) is 0 Å². The van der Waals surface area contributed by atoms with Crippen LogP contribution in [0.25, 0.3) is 11.3 Å². The minimum atomic E-state index is -0.608. The van der Waals surface area contributed by atoms with Crippen molar-refractivity contribution in [2.75, 3.05) is 7.05 Å². The van der Waals surface area contributed by atoms with Gasteiger partial charge in [0, 0.05) is 24.5 Å². The van der Waals surface area contributed by atoms with Gasteiger partial charge in [0.1, 0.15) is 5.54 Å². The van der Waals surface area contributed by atoms with Gasteiger partial charge < -0.3 is 10.6 Å². The second-order valence-electron chi connectivity index (χ2n) is 5.67. The van der Waals surface area contributed by atoms with Crippen LogP contribution in [0.15, 0.2) is 59.9 Å². The Morgan fingerprint density at radius 1 is 1.30 bits per heavy atom. The number of hydrogen-bond donors (Lipinski definition) is 1. The van der Waals surface area contributed by atoms with Gasteiger partial charge in [-0.25, -0.2) is 4.99 Å². The molecule has 23 heavy (non-hydrogen) atoms. The normalized spacial score (nSPS) is 20.3. The van der Waals surface area contributed by atoms with Crippen molar-refractivity contribution in [1.82, 2.24) is 9.88 Å². The molecule has 1 aliphatic heterocycles. The van der Waals surface area contributed by atoms with E-state index in [9.17, 15) is 0 Å². The van der Waals surface area contributed by atoms with E-state index < -0.39 is 5.54 Å². The Morgan fingerprint density at radius 3 is 2.74 bits per heavy atom. The van der Waals surface area contributed by atoms with Crippen LogP contribution in [0, 0.1) is 11.3 Å². The molecule has 5 heteroatoms. The first-order valence-corrected chi connectivity index (χ1v) is 7.21. The maximum absolute atomic E-state index is 9.05. The van der Waals surface area contributed by atoms with Gasteiger partial charge in [-0.2, -0.15) is 5.26 Å². The van der Waals surface area contributed by atoms with Crippen molar-refractivity contribution in [2.45, 2.75) is 12.5 Å². The fraction of sp³-hybridized carbons (Fsp3) is 0.167. The molecule has 2 heterocycles. The van der Waals surface area contributed by atoms with Gasteiger partial charge in [0.25, 0.3) is 0 Å².